The van der Waals surface area contributed by atoms with Gasteiger partial charge in [-0.05, 0) is 25.0 Å². The molecule has 2 rings (SSSR count). The van der Waals surface area contributed by atoms with E-state index in [1.165, 1.54) is 11.3 Å². The van der Waals surface area contributed by atoms with Gasteiger partial charge in [-0.1, -0.05) is 18.2 Å². The van der Waals surface area contributed by atoms with Crippen LogP contribution in [0.2, 0.25) is 0 Å². The predicted octanol–water partition coefficient (Wildman–Crippen LogP) is 2.47. The van der Waals surface area contributed by atoms with Crippen molar-refractivity contribution in [1.29, 1.82) is 0 Å². The Balaban J connectivity index is 2.23. The molecule has 1 aliphatic rings. The molecule has 0 bridgehead atoms. The van der Waals surface area contributed by atoms with Crippen LogP contribution in [0.15, 0.2) is 24.3 Å². The Bertz CT molecular complexity index is 403. The summed E-state index contributed by atoms with van der Waals surface area (Å²) in [6.07, 6.45) is 0.967. The summed E-state index contributed by atoms with van der Waals surface area (Å²) in [5.41, 5.74) is 2.53. The van der Waals surface area contributed by atoms with Crippen molar-refractivity contribution in [1.82, 2.24) is 0 Å². The van der Waals surface area contributed by atoms with E-state index in [1.54, 1.807) is 0 Å². The highest BCUT2D eigenvalue weighted by Crippen LogP contribution is 2.41. The zero-order valence-corrected chi connectivity index (χ0v) is 9.68. The van der Waals surface area contributed by atoms with E-state index in [0.29, 0.717) is 12.0 Å². The molecule has 3 heteroatoms. The monoisotopic (exact) mass is 219 g/mol. The zero-order chi connectivity index (χ0) is 11.7. The minimum Gasteiger partial charge on any atom is -0.481 e. The molecule has 86 valence electrons. The Morgan fingerprint density at radius 2 is 2.12 bits per heavy atom. The van der Waals surface area contributed by atoms with Crippen LogP contribution in [0.25, 0.3) is 0 Å². The number of carbonyl (C=O) groups is 1. The molecular weight excluding hydrogens is 202 g/mol. The molecular formula is C13H17NO2. The quantitative estimate of drug-likeness (QED) is 0.849. The number of nitrogens with zero attached hydrogens (tertiary/aromatic N) is 1. The fourth-order valence-electron chi connectivity index (χ4n) is 2.55. The molecule has 0 saturated carbocycles. The molecule has 0 radical (unpaired) electrons. The molecule has 0 saturated heterocycles. The first-order valence-electron chi connectivity index (χ1n) is 5.65. The maximum absolute atomic E-state index is 10.6. The Kier molecular flexibility index (Phi) is 2.86. The van der Waals surface area contributed by atoms with Crippen LogP contribution in [-0.2, 0) is 4.79 Å². The van der Waals surface area contributed by atoms with Gasteiger partial charge in [-0.25, -0.2) is 0 Å². The summed E-state index contributed by atoms with van der Waals surface area (Å²) >= 11 is 0. The highest BCUT2D eigenvalue weighted by atomic mass is 16.4. The van der Waals surface area contributed by atoms with E-state index in [0.717, 1.165) is 6.42 Å². The van der Waals surface area contributed by atoms with Crippen LogP contribution in [0.5, 0.6) is 0 Å². The van der Waals surface area contributed by atoms with Gasteiger partial charge in [0.2, 0.25) is 0 Å². The fraction of sp³-hybridized carbons (Fsp3) is 0.462. The largest absolute Gasteiger partial charge is 0.481 e. The van der Waals surface area contributed by atoms with Gasteiger partial charge in [0.05, 0.1) is 0 Å². The summed E-state index contributed by atoms with van der Waals surface area (Å²) in [5, 5.41) is 8.76. The molecule has 3 nitrogen and oxygen atoms in total. The van der Waals surface area contributed by atoms with Gasteiger partial charge in [0.15, 0.2) is 0 Å². The average Bonchev–Trinajstić information content (AvgIpc) is 2.50. The number of carboxylic acid groups (broad SMARTS) is 1. The number of rotatable bonds is 3. The van der Waals surface area contributed by atoms with Crippen molar-refractivity contribution in [2.75, 3.05) is 11.9 Å². The summed E-state index contributed by atoms with van der Waals surface area (Å²) in [5.74, 6) is -0.364. The van der Waals surface area contributed by atoms with Gasteiger partial charge in [-0.15, -0.1) is 0 Å². The van der Waals surface area contributed by atoms with Gasteiger partial charge in [-0.3, -0.25) is 4.79 Å². The molecule has 0 spiro atoms. The van der Waals surface area contributed by atoms with Crippen LogP contribution < -0.4 is 4.90 Å². The summed E-state index contributed by atoms with van der Waals surface area (Å²) < 4.78 is 0. The van der Waals surface area contributed by atoms with Gasteiger partial charge in [0.25, 0.3) is 0 Å². The Labute approximate surface area is 95.7 Å². The van der Waals surface area contributed by atoms with Crippen LogP contribution in [0, 0.1) is 0 Å². The number of carboxylic acids is 1. The van der Waals surface area contributed by atoms with Crippen molar-refractivity contribution in [3.63, 3.8) is 0 Å². The Morgan fingerprint density at radius 3 is 2.81 bits per heavy atom. The van der Waals surface area contributed by atoms with Crippen molar-refractivity contribution in [3.8, 4) is 0 Å². The third-order valence-electron chi connectivity index (χ3n) is 3.58. The van der Waals surface area contributed by atoms with Gasteiger partial charge in [0, 0.05) is 31.1 Å². The normalized spacial score (nSPS) is 23.2. The smallest absolute Gasteiger partial charge is 0.303 e. The lowest BCUT2D eigenvalue weighted by molar-refractivity contribution is -0.137. The van der Waals surface area contributed by atoms with Crippen LogP contribution in [-0.4, -0.2) is 24.2 Å². The number of anilines is 1. The molecule has 1 heterocycles. The van der Waals surface area contributed by atoms with E-state index in [9.17, 15) is 4.79 Å². The summed E-state index contributed by atoms with van der Waals surface area (Å²) in [6.45, 7) is 2.16. The minimum absolute atomic E-state index is 0.247. The molecule has 1 aromatic carbocycles. The van der Waals surface area contributed by atoms with E-state index in [1.807, 2.05) is 12.1 Å². The molecule has 2 unspecified atom stereocenters. The second-order valence-electron chi connectivity index (χ2n) is 4.45. The fourth-order valence-corrected chi connectivity index (χ4v) is 2.55. The molecule has 0 aromatic heterocycles. The van der Waals surface area contributed by atoms with Gasteiger partial charge in [0.1, 0.15) is 0 Å². The number of likely N-dealkylation sites (N-methyl/N-ethyl adjacent to an activating group) is 1. The first-order valence-corrected chi connectivity index (χ1v) is 5.65. The lowest BCUT2D eigenvalue weighted by Crippen LogP contribution is -2.27. The second kappa shape index (κ2) is 4.16. The van der Waals surface area contributed by atoms with Crippen LogP contribution in [0.1, 0.15) is 31.2 Å². The SMILES string of the molecule is CC1C(CCC(=O)O)c2ccccc2N1C. The average molecular weight is 219 g/mol. The van der Waals surface area contributed by atoms with Gasteiger partial charge >= 0.3 is 5.97 Å². The lowest BCUT2D eigenvalue weighted by atomic mass is 9.91. The Morgan fingerprint density at radius 1 is 1.44 bits per heavy atom. The van der Waals surface area contributed by atoms with E-state index in [-0.39, 0.29) is 6.42 Å². The number of aliphatic carboxylic acids is 1. The van der Waals surface area contributed by atoms with Crippen molar-refractivity contribution >= 4 is 11.7 Å². The third-order valence-corrected chi connectivity index (χ3v) is 3.58. The third kappa shape index (κ3) is 1.77. The molecule has 16 heavy (non-hydrogen) atoms. The molecule has 0 amide bonds. The van der Waals surface area contributed by atoms with Crippen LogP contribution >= 0.6 is 0 Å². The maximum atomic E-state index is 10.6. The van der Waals surface area contributed by atoms with Crippen molar-refractivity contribution < 1.29 is 9.90 Å². The zero-order valence-electron chi connectivity index (χ0n) is 9.68. The standard InChI is InChI=1S/C13H17NO2/c1-9-10(7-8-13(15)16)11-5-3-4-6-12(11)14(9)2/h3-6,9-10H,7-8H2,1-2H3,(H,15,16). The van der Waals surface area contributed by atoms with Gasteiger partial charge < -0.3 is 10.0 Å². The number of fused-ring (bicyclic) bond motifs is 1. The molecule has 2 atom stereocenters. The minimum atomic E-state index is -0.709. The van der Waals surface area contributed by atoms with Crippen LogP contribution in [0.4, 0.5) is 5.69 Å². The predicted molar refractivity (Wildman–Crippen MR) is 63.9 cm³/mol. The molecule has 1 aromatic rings. The highest BCUT2D eigenvalue weighted by Gasteiger charge is 2.32. The van der Waals surface area contributed by atoms with E-state index >= 15 is 0 Å². The number of hydrogen-bond acceptors (Lipinski definition) is 2. The van der Waals surface area contributed by atoms with Crippen molar-refractivity contribution in [2.24, 2.45) is 0 Å². The molecule has 0 aliphatic carbocycles. The highest BCUT2D eigenvalue weighted by molar-refractivity contribution is 5.67. The summed E-state index contributed by atoms with van der Waals surface area (Å²) in [4.78, 5) is 12.9. The molecule has 1 N–H and O–H groups in total. The first kappa shape index (κ1) is 11.0. The maximum Gasteiger partial charge on any atom is 0.303 e. The first-order chi connectivity index (χ1) is 7.61. The van der Waals surface area contributed by atoms with Crippen molar-refractivity contribution in [2.45, 2.75) is 31.7 Å². The topological polar surface area (TPSA) is 40.5 Å². The van der Waals surface area contributed by atoms with E-state index in [2.05, 4.69) is 31.0 Å². The Hall–Kier alpha value is -1.51. The van der Waals surface area contributed by atoms with Gasteiger partial charge in [-0.2, -0.15) is 0 Å². The van der Waals surface area contributed by atoms with E-state index in [4.69, 9.17) is 5.11 Å². The second-order valence-corrected chi connectivity index (χ2v) is 4.45. The molecule has 0 fully saturated rings. The summed E-state index contributed by atoms with van der Waals surface area (Å²) in [7, 11) is 2.07. The van der Waals surface area contributed by atoms with Crippen molar-refractivity contribution in [3.05, 3.63) is 29.8 Å². The van der Waals surface area contributed by atoms with E-state index < -0.39 is 5.97 Å². The summed E-state index contributed by atoms with van der Waals surface area (Å²) in [6, 6.07) is 8.66. The lowest BCUT2D eigenvalue weighted by Gasteiger charge is -2.22. The molecule has 1 aliphatic heterocycles. The number of benzene rings is 1. The number of para-hydroxylation sites is 1. The van der Waals surface area contributed by atoms with Crippen LogP contribution in [0.3, 0.4) is 0 Å². The number of hydrogen-bond donors (Lipinski definition) is 1.